The van der Waals surface area contributed by atoms with Crippen molar-refractivity contribution in [2.45, 2.75) is 19.3 Å². The number of hydrogen-bond acceptors (Lipinski definition) is 1. The van der Waals surface area contributed by atoms with Crippen molar-refractivity contribution in [1.29, 1.82) is 5.26 Å². The maximum Gasteiger partial charge on any atom is 0.0628 e. The minimum absolute atomic E-state index is 0.319. The van der Waals surface area contributed by atoms with E-state index in [0.717, 1.165) is 0 Å². The minimum Gasteiger partial charge on any atom is -0.198 e. The molecule has 0 aliphatic rings. The lowest BCUT2D eigenvalue weighted by Crippen LogP contribution is -1.91. The molecule has 2 aromatic carbocycles. The Morgan fingerprint density at radius 2 is 1.87 bits per heavy atom. The van der Waals surface area contributed by atoms with Gasteiger partial charge in [-0.3, -0.25) is 0 Å². The molecular formula is C14H13N. The summed E-state index contributed by atoms with van der Waals surface area (Å²) < 4.78 is 0. The molecule has 1 atom stereocenters. The van der Waals surface area contributed by atoms with E-state index in [-0.39, 0.29) is 0 Å². The smallest absolute Gasteiger partial charge is 0.0628 e. The van der Waals surface area contributed by atoms with E-state index < -0.39 is 0 Å². The molecule has 0 heterocycles. The Hall–Kier alpha value is -1.81. The van der Waals surface area contributed by atoms with Gasteiger partial charge in [0.05, 0.1) is 6.07 Å². The Kier molecular flexibility index (Phi) is 2.69. The molecule has 0 saturated heterocycles. The van der Waals surface area contributed by atoms with Gasteiger partial charge < -0.3 is 0 Å². The molecule has 0 spiro atoms. The van der Waals surface area contributed by atoms with Crippen LogP contribution in [0.5, 0.6) is 0 Å². The molecule has 0 aliphatic carbocycles. The largest absolute Gasteiger partial charge is 0.198 e. The van der Waals surface area contributed by atoms with Crippen molar-refractivity contribution in [2.24, 2.45) is 0 Å². The van der Waals surface area contributed by atoms with Gasteiger partial charge in [0.2, 0.25) is 0 Å². The fraction of sp³-hybridized carbons (Fsp3) is 0.214. The van der Waals surface area contributed by atoms with Crippen LogP contribution in [0.1, 0.15) is 24.8 Å². The molecule has 0 saturated carbocycles. The zero-order valence-electron chi connectivity index (χ0n) is 8.77. The molecule has 0 fully saturated rings. The van der Waals surface area contributed by atoms with Gasteiger partial charge in [-0.2, -0.15) is 5.26 Å². The van der Waals surface area contributed by atoms with Crippen LogP contribution in [0.25, 0.3) is 10.8 Å². The maximum atomic E-state index is 8.66. The first-order valence-electron chi connectivity index (χ1n) is 5.17. The van der Waals surface area contributed by atoms with E-state index in [1.165, 1.54) is 16.3 Å². The Morgan fingerprint density at radius 1 is 1.13 bits per heavy atom. The van der Waals surface area contributed by atoms with Crippen LogP contribution in [0.4, 0.5) is 0 Å². The van der Waals surface area contributed by atoms with Gasteiger partial charge in [-0.05, 0) is 22.3 Å². The summed E-state index contributed by atoms with van der Waals surface area (Å²) in [6.45, 7) is 2.09. The molecular weight excluding hydrogens is 182 g/mol. The van der Waals surface area contributed by atoms with Crippen LogP contribution in [0.2, 0.25) is 0 Å². The van der Waals surface area contributed by atoms with Crippen molar-refractivity contribution in [3.05, 3.63) is 48.0 Å². The summed E-state index contributed by atoms with van der Waals surface area (Å²) in [5.74, 6) is 0.319. The van der Waals surface area contributed by atoms with Crippen molar-refractivity contribution >= 4 is 10.8 Å². The normalized spacial score (nSPS) is 12.3. The van der Waals surface area contributed by atoms with Crippen LogP contribution in [-0.2, 0) is 0 Å². The first kappa shape index (κ1) is 9.73. The topological polar surface area (TPSA) is 23.8 Å². The van der Waals surface area contributed by atoms with E-state index >= 15 is 0 Å². The lowest BCUT2D eigenvalue weighted by molar-refractivity contribution is 0.790. The van der Waals surface area contributed by atoms with Crippen molar-refractivity contribution in [3.63, 3.8) is 0 Å². The molecule has 0 bridgehead atoms. The molecule has 1 heteroatoms. The molecule has 0 aromatic heterocycles. The first-order chi connectivity index (χ1) is 7.31. The van der Waals surface area contributed by atoms with Gasteiger partial charge in [0.15, 0.2) is 0 Å². The van der Waals surface area contributed by atoms with E-state index in [1.54, 1.807) is 0 Å². The number of fused-ring (bicyclic) bond motifs is 1. The summed E-state index contributed by atoms with van der Waals surface area (Å²) in [6, 6.07) is 16.9. The molecule has 2 aromatic rings. The van der Waals surface area contributed by atoms with Crippen LogP contribution in [0.15, 0.2) is 42.5 Å². The number of nitriles is 1. The summed E-state index contributed by atoms with van der Waals surface area (Å²) >= 11 is 0. The molecule has 2 rings (SSSR count). The summed E-state index contributed by atoms with van der Waals surface area (Å²) in [6.07, 6.45) is 0.582. The summed E-state index contributed by atoms with van der Waals surface area (Å²) in [7, 11) is 0. The lowest BCUT2D eigenvalue weighted by atomic mass is 9.96. The van der Waals surface area contributed by atoms with Gasteiger partial charge in [0.25, 0.3) is 0 Å². The maximum absolute atomic E-state index is 8.66. The van der Waals surface area contributed by atoms with E-state index in [1.807, 2.05) is 12.1 Å². The standard InChI is InChI=1S/C14H13N/c1-11(8-9-15)13-7-6-12-4-2-3-5-14(12)10-13/h2-7,10-11H,8H2,1H3. The zero-order chi connectivity index (χ0) is 10.7. The average Bonchev–Trinajstić information content (AvgIpc) is 2.29. The number of hydrogen-bond donors (Lipinski definition) is 0. The van der Waals surface area contributed by atoms with Gasteiger partial charge in [0.1, 0.15) is 0 Å². The molecule has 1 unspecified atom stereocenters. The molecule has 15 heavy (non-hydrogen) atoms. The Morgan fingerprint density at radius 3 is 2.60 bits per heavy atom. The second kappa shape index (κ2) is 4.14. The van der Waals surface area contributed by atoms with E-state index in [0.29, 0.717) is 12.3 Å². The number of nitrogens with zero attached hydrogens (tertiary/aromatic N) is 1. The van der Waals surface area contributed by atoms with Gasteiger partial charge in [-0.25, -0.2) is 0 Å². The van der Waals surface area contributed by atoms with E-state index in [2.05, 4.69) is 43.3 Å². The SMILES string of the molecule is CC(CC#N)c1ccc2ccccc2c1. The Balaban J connectivity index is 2.43. The minimum atomic E-state index is 0.319. The summed E-state index contributed by atoms with van der Waals surface area (Å²) in [5, 5.41) is 11.2. The fourth-order valence-electron chi connectivity index (χ4n) is 1.77. The predicted molar refractivity (Wildman–Crippen MR) is 62.6 cm³/mol. The van der Waals surface area contributed by atoms with Gasteiger partial charge in [-0.1, -0.05) is 49.4 Å². The predicted octanol–water partition coefficient (Wildman–Crippen LogP) is 3.86. The van der Waals surface area contributed by atoms with Crippen LogP contribution < -0.4 is 0 Å². The highest BCUT2D eigenvalue weighted by molar-refractivity contribution is 5.83. The Bertz CT molecular complexity index is 508. The zero-order valence-corrected chi connectivity index (χ0v) is 8.77. The lowest BCUT2D eigenvalue weighted by Gasteiger charge is -2.08. The molecule has 0 aliphatic heterocycles. The van der Waals surface area contributed by atoms with Crippen LogP contribution in [-0.4, -0.2) is 0 Å². The third-order valence-corrected chi connectivity index (χ3v) is 2.74. The second-order valence-electron chi connectivity index (χ2n) is 3.87. The van der Waals surface area contributed by atoms with E-state index in [9.17, 15) is 0 Å². The fourth-order valence-corrected chi connectivity index (χ4v) is 1.77. The highest BCUT2D eigenvalue weighted by Crippen LogP contribution is 2.23. The summed E-state index contributed by atoms with van der Waals surface area (Å²) in [5.41, 5.74) is 1.25. The number of benzene rings is 2. The van der Waals surface area contributed by atoms with Crippen LogP contribution in [0.3, 0.4) is 0 Å². The van der Waals surface area contributed by atoms with Crippen molar-refractivity contribution in [2.75, 3.05) is 0 Å². The number of rotatable bonds is 2. The third-order valence-electron chi connectivity index (χ3n) is 2.74. The monoisotopic (exact) mass is 195 g/mol. The average molecular weight is 195 g/mol. The Labute approximate surface area is 90.0 Å². The van der Waals surface area contributed by atoms with Crippen LogP contribution >= 0.6 is 0 Å². The van der Waals surface area contributed by atoms with Gasteiger partial charge in [-0.15, -0.1) is 0 Å². The molecule has 0 N–H and O–H groups in total. The second-order valence-corrected chi connectivity index (χ2v) is 3.87. The third kappa shape index (κ3) is 1.99. The van der Waals surface area contributed by atoms with Gasteiger partial charge in [0, 0.05) is 6.42 Å². The quantitative estimate of drug-likeness (QED) is 0.713. The van der Waals surface area contributed by atoms with Gasteiger partial charge >= 0.3 is 0 Å². The van der Waals surface area contributed by atoms with Crippen molar-refractivity contribution < 1.29 is 0 Å². The van der Waals surface area contributed by atoms with Crippen molar-refractivity contribution in [1.82, 2.24) is 0 Å². The van der Waals surface area contributed by atoms with Crippen molar-refractivity contribution in [3.8, 4) is 6.07 Å². The highest BCUT2D eigenvalue weighted by atomic mass is 14.2. The first-order valence-corrected chi connectivity index (χ1v) is 5.17. The molecule has 0 amide bonds. The molecule has 74 valence electrons. The molecule has 1 nitrogen and oxygen atoms in total. The summed E-state index contributed by atoms with van der Waals surface area (Å²) in [4.78, 5) is 0. The van der Waals surface area contributed by atoms with Crippen LogP contribution in [0, 0.1) is 11.3 Å². The highest BCUT2D eigenvalue weighted by Gasteiger charge is 2.04. The van der Waals surface area contributed by atoms with E-state index in [4.69, 9.17) is 5.26 Å². The molecule has 0 radical (unpaired) electrons.